The van der Waals surface area contributed by atoms with Crippen molar-refractivity contribution in [1.29, 1.82) is 0 Å². The van der Waals surface area contributed by atoms with E-state index in [4.69, 9.17) is 4.74 Å². The van der Waals surface area contributed by atoms with Crippen molar-refractivity contribution < 1.29 is 14.6 Å². The summed E-state index contributed by atoms with van der Waals surface area (Å²) in [5.74, 6) is -0.317. The maximum absolute atomic E-state index is 10.8. The van der Waals surface area contributed by atoms with Crippen LogP contribution in [0.25, 0.3) is 0 Å². The Morgan fingerprint density at radius 1 is 1.27 bits per heavy atom. The van der Waals surface area contributed by atoms with E-state index in [-0.39, 0.29) is 12.1 Å². The summed E-state index contributed by atoms with van der Waals surface area (Å²) < 4.78 is 5.08. The topological polar surface area (TPSA) is 46.5 Å². The van der Waals surface area contributed by atoms with Crippen LogP contribution in [-0.2, 0) is 9.53 Å². The molecule has 2 atom stereocenters. The maximum atomic E-state index is 10.8. The van der Waals surface area contributed by atoms with Crippen LogP contribution in [0.2, 0.25) is 0 Å². The Kier molecular flexibility index (Phi) is 3.86. The number of aliphatic hydroxyl groups is 1. The normalized spacial score (nSPS) is 14.4. The number of aliphatic hydroxyl groups excluding tert-OH is 1. The predicted octanol–water partition coefficient (Wildman–Crippen LogP) is 2.36. The number of rotatable bonds is 3. The first-order valence-electron chi connectivity index (χ1n) is 4.96. The number of carbonyl (C=O) groups is 1. The first kappa shape index (κ1) is 11.7. The van der Waals surface area contributed by atoms with E-state index in [1.165, 1.54) is 6.92 Å². The number of hydrogen-bond acceptors (Lipinski definition) is 3. The molecule has 0 aromatic heterocycles. The molecule has 0 aliphatic heterocycles. The second kappa shape index (κ2) is 4.94. The van der Waals surface area contributed by atoms with Crippen LogP contribution in [0, 0.1) is 0 Å². The largest absolute Gasteiger partial charge is 0.458 e. The van der Waals surface area contributed by atoms with Crippen molar-refractivity contribution in [2.24, 2.45) is 0 Å². The van der Waals surface area contributed by atoms with Gasteiger partial charge in [-0.05, 0) is 25.0 Å². The molecule has 1 aromatic rings. The maximum Gasteiger partial charge on any atom is 0.303 e. The van der Waals surface area contributed by atoms with Crippen molar-refractivity contribution in [2.75, 3.05) is 0 Å². The highest BCUT2D eigenvalue weighted by atomic mass is 16.5. The van der Waals surface area contributed by atoms with Gasteiger partial charge in [0.25, 0.3) is 0 Å². The molecule has 82 valence electrons. The number of hydrogen-bond donors (Lipinski definition) is 1. The van der Waals surface area contributed by atoms with Gasteiger partial charge < -0.3 is 9.84 Å². The third-order valence-electron chi connectivity index (χ3n) is 2.23. The van der Waals surface area contributed by atoms with Crippen LogP contribution >= 0.6 is 0 Å². The Morgan fingerprint density at radius 2 is 1.80 bits per heavy atom. The SMILES string of the molecule is CC(=O)O[C@@H](C)c1ccccc1[C@@H](C)O. The van der Waals surface area contributed by atoms with Gasteiger partial charge in [0, 0.05) is 6.92 Å². The quantitative estimate of drug-likeness (QED) is 0.776. The van der Waals surface area contributed by atoms with Crippen molar-refractivity contribution in [3.63, 3.8) is 0 Å². The van der Waals surface area contributed by atoms with E-state index in [2.05, 4.69) is 0 Å². The van der Waals surface area contributed by atoms with Gasteiger partial charge in [-0.1, -0.05) is 24.3 Å². The summed E-state index contributed by atoms with van der Waals surface area (Å²) in [7, 11) is 0. The molecule has 0 aliphatic carbocycles. The summed E-state index contributed by atoms with van der Waals surface area (Å²) in [5.41, 5.74) is 1.65. The minimum absolute atomic E-state index is 0.317. The summed E-state index contributed by atoms with van der Waals surface area (Å²) >= 11 is 0. The van der Waals surface area contributed by atoms with Crippen LogP contribution in [-0.4, -0.2) is 11.1 Å². The van der Waals surface area contributed by atoms with Gasteiger partial charge in [-0.3, -0.25) is 4.79 Å². The molecule has 0 fully saturated rings. The molecule has 3 heteroatoms. The molecule has 0 saturated carbocycles. The first-order valence-corrected chi connectivity index (χ1v) is 4.96. The average Bonchev–Trinajstić information content (AvgIpc) is 2.16. The summed E-state index contributed by atoms with van der Waals surface area (Å²) in [6.07, 6.45) is -0.882. The third kappa shape index (κ3) is 3.06. The highest BCUT2D eigenvalue weighted by Gasteiger charge is 2.15. The predicted molar refractivity (Wildman–Crippen MR) is 57.3 cm³/mol. The first-order chi connectivity index (χ1) is 7.02. The van der Waals surface area contributed by atoms with E-state index in [1.807, 2.05) is 24.3 Å². The fourth-order valence-corrected chi connectivity index (χ4v) is 1.57. The molecule has 0 aliphatic rings. The Labute approximate surface area is 89.7 Å². The fourth-order valence-electron chi connectivity index (χ4n) is 1.57. The van der Waals surface area contributed by atoms with Crippen molar-refractivity contribution in [3.8, 4) is 0 Å². The summed E-state index contributed by atoms with van der Waals surface area (Å²) in [6.45, 7) is 4.86. The lowest BCUT2D eigenvalue weighted by Gasteiger charge is -2.17. The van der Waals surface area contributed by atoms with Crippen LogP contribution in [0.4, 0.5) is 0 Å². The van der Waals surface area contributed by atoms with Crippen molar-refractivity contribution in [2.45, 2.75) is 33.0 Å². The summed E-state index contributed by atoms with van der Waals surface area (Å²) in [4.78, 5) is 10.8. The zero-order valence-corrected chi connectivity index (χ0v) is 9.23. The van der Waals surface area contributed by atoms with E-state index in [0.29, 0.717) is 0 Å². The summed E-state index contributed by atoms with van der Waals surface area (Å²) in [5, 5.41) is 9.55. The molecule has 0 spiro atoms. The zero-order chi connectivity index (χ0) is 11.4. The lowest BCUT2D eigenvalue weighted by atomic mass is 10.00. The van der Waals surface area contributed by atoms with E-state index < -0.39 is 6.10 Å². The molecule has 0 radical (unpaired) electrons. The molecular weight excluding hydrogens is 192 g/mol. The second-order valence-corrected chi connectivity index (χ2v) is 3.56. The van der Waals surface area contributed by atoms with Crippen molar-refractivity contribution >= 4 is 5.97 Å². The van der Waals surface area contributed by atoms with E-state index in [0.717, 1.165) is 11.1 Å². The van der Waals surface area contributed by atoms with Crippen LogP contribution in [0.5, 0.6) is 0 Å². The van der Waals surface area contributed by atoms with Gasteiger partial charge in [0.05, 0.1) is 6.10 Å². The van der Waals surface area contributed by atoms with Crippen LogP contribution < -0.4 is 0 Å². The lowest BCUT2D eigenvalue weighted by molar-refractivity contribution is -0.145. The van der Waals surface area contributed by atoms with Gasteiger partial charge in [-0.15, -0.1) is 0 Å². The molecular formula is C12H16O3. The smallest absolute Gasteiger partial charge is 0.303 e. The molecule has 0 amide bonds. The Hall–Kier alpha value is -1.35. The monoisotopic (exact) mass is 208 g/mol. The van der Waals surface area contributed by atoms with E-state index in [9.17, 15) is 9.90 Å². The minimum atomic E-state index is -0.556. The standard InChI is InChI=1S/C12H16O3/c1-8(13)11-6-4-5-7-12(11)9(2)15-10(3)14/h4-9,13H,1-3H3/t8-,9+/m1/s1. The number of esters is 1. The van der Waals surface area contributed by atoms with Crippen LogP contribution in [0.3, 0.4) is 0 Å². The summed E-state index contributed by atoms with van der Waals surface area (Å²) in [6, 6.07) is 7.41. The van der Waals surface area contributed by atoms with Crippen molar-refractivity contribution in [1.82, 2.24) is 0 Å². The van der Waals surface area contributed by atoms with Crippen molar-refractivity contribution in [3.05, 3.63) is 35.4 Å². The molecule has 1 rings (SSSR count). The fraction of sp³-hybridized carbons (Fsp3) is 0.417. The molecule has 1 N–H and O–H groups in total. The molecule has 0 heterocycles. The zero-order valence-electron chi connectivity index (χ0n) is 9.23. The molecule has 0 bridgehead atoms. The molecule has 0 saturated heterocycles. The second-order valence-electron chi connectivity index (χ2n) is 3.56. The number of benzene rings is 1. The highest BCUT2D eigenvalue weighted by molar-refractivity contribution is 5.66. The van der Waals surface area contributed by atoms with Crippen LogP contribution in [0.15, 0.2) is 24.3 Å². The lowest BCUT2D eigenvalue weighted by Crippen LogP contribution is -2.08. The third-order valence-corrected chi connectivity index (χ3v) is 2.23. The number of carbonyl (C=O) groups excluding carboxylic acids is 1. The van der Waals surface area contributed by atoms with Gasteiger partial charge in [-0.2, -0.15) is 0 Å². The molecule has 3 nitrogen and oxygen atoms in total. The van der Waals surface area contributed by atoms with E-state index >= 15 is 0 Å². The minimum Gasteiger partial charge on any atom is -0.458 e. The van der Waals surface area contributed by atoms with Gasteiger partial charge in [-0.25, -0.2) is 0 Å². The molecule has 15 heavy (non-hydrogen) atoms. The van der Waals surface area contributed by atoms with Gasteiger partial charge in [0.15, 0.2) is 0 Å². The van der Waals surface area contributed by atoms with Crippen LogP contribution in [0.1, 0.15) is 44.1 Å². The van der Waals surface area contributed by atoms with Gasteiger partial charge >= 0.3 is 5.97 Å². The van der Waals surface area contributed by atoms with Gasteiger partial charge in [0.2, 0.25) is 0 Å². The van der Waals surface area contributed by atoms with Gasteiger partial charge in [0.1, 0.15) is 6.10 Å². The van der Waals surface area contributed by atoms with E-state index in [1.54, 1.807) is 13.8 Å². The average molecular weight is 208 g/mol. The highest BCUT2D eigenvalue weighted by Crippen LogP contribution is 2.25. The Bertz CT molecular complexity index is 344. The Balaban J connectivity index is 2.97. The molecule has 1 aromatic carbocycles. The Morgan fingerprint density at radius 3 is 2.27 bits per heavy atom. The molecule has 0 unspecified atom stereocenters. The number of ether oxygens (including phenoxy) is 1.